The van der Waals surface area contributed by atoms with Crippen molar-refractivity contribution < 1.29 is 14.3 Å². The van der Waals surface area contributed by atoms with Gasteiger partial charge in [-0.15, -0.1) is 0 Å². The molecule has 3 saturated heterocycles. The highest BCUT2D eigenvalue weighted by Gasteiger charge is 2.44. The summed E-state index contributed by atoms with van der Waals surface area (Å²) in [7, 11) is 0. The number of amides is 2. The number of nitrogens with zero attached hydrogens (tertiary/aromatic N) is 3. The number of benzene rings is 1. The third kappa shape index (κ3) is 5.32. The molecule has 1 aromatic carbocycles. The largest absolute Gasteiger partial charge is 0.381 e. The van der Waals surface area contributed by atoms with Crippen LogP contribution in [0.4, 0.5) is 0 Å². The molecule has 3 aliphatic heterocycles. The van der Waals surface area contributed by atoms with E-state index in [1.165, 1.54) is 12.8 Å². The van der Waals surface area contributed by atoms with E-state index in [9.17, 15) is 9.59 Å². The van der Waals surface area contributed by atoms with Crippen molar-refractivity contribution in [1.29, 1.82) is 0 Å². The van der Waals surface area contributed by atoms with Crippen LogP contribution in [-0.2, 0) is 19.7 Å². The second-order valence-corrected chi connectivity index (χ2v) is 9.98. The fourth-order valence-corrected chi connectivity index (χ4v) is 5.40. The highest BCUT2D eigenvalue weighted by molar-refractivity contribution is 9.10. The van der Waals surface area contributed by atoms with Crippen LogP contribution < -0.4 is 0 Å². The molecule has 31 heavy (non-hydrogen) atoms. The highest BCUT2D eigenvalue weighted by atomic mass is 79.9. The normalized spacial score (nSPS) is 22.7. The molecule has 3 fully saturated rings. The lowest BCUT2D eigenvalue weighted by molar-refractivity contribution is -0.143. The first-order chi connectivity index (χ1) is 15.1. The van der Waals surface area contributed by atoms with Gasteiger partial charge in [0.1, 0.15) is 0 Å². The summed E-state index contributed by atoms with van der Waals surface area (Å²) in [6, 6.07) is 8.19. The molecule has 0 atom stereocenters. The summed E-state index contributed by atoms with van der Waals surface area (Å²) in [5, 5.41) is 0. The maximum absolute atomic E-state index is 13.7. The predicted molar refractivity (Wildman–Crippen MR) is 124 cm³/mol. The van der Waals surface area contributed by atoms with Gasteiger partial charge in [-0.2, -0.15) is 0 Å². The van der Waals surface area contributed by atoms with E-state index < -0.39 is 5.41 Å². The third-order valence-corrected chi connectivity index (χ3v) is 7.66. The molecule has 6 nitrogen and oxygen atoms in total. The van der Waals surface area contributed by atoms with Crippen molar-refractivity contribution in [2.24, 2.45) is 0 Å². The zero-order valence-electron chi connectivity index (χ0n) is 18.4. The van der Waals surface area contributed by atoms with Crippen molar-refractivity contribution in [3.63, 3.8) is 0 Å². The molecule has 0 aliphatic carbocycles. The predicted octanol–water partition coefficient (Wildman–Crippen LogP) is 3.04. The molecule has 0 aromatic heterocycles. The van der Waals surface area contributed by atoms with Crippen LogP contribution in [0.1, 0.15) is 44.1 Å². The van der Waals surface area contributed by atoms with Gasteiger partial charge < -0.3 is 14.5 Å². The molecule has 1 aromatic rings. The van der Waals surface area contributed by atoms with Crippen LogP contribution in [-0.4, -0.2) is 85.5 Å². The summed E-state index contributed by atoms with van der Waals surface area (Å²) in [5.74, 6) is 0.467. The summed E-state index contributed by atoms with van der Waals surface area (Å²) in [5.41, 5.74) is 0.589. The van der Waals surface area contributed by atoms with Gasteiger partial charge >= 0.3 is 0 Å². The first-order valence-corrected chi connectivity index (χ1v) is 12.5. The molecule has 4 rings (SSSR count). The smallest absolute Gasteiger partial charge is 0.236 e. The van der Waals surface area contributed by atoms with E-state index in [4.69, 9.17) is 4.74 Å². The van der Waals surface area contributed by atoms with Crippen LogP contribution in [0.5, 0.6) is 0 Å². The number of hydrogen-bond acceptors (Lipinski definition) is 4. The first-order valence-electron chi connectivity index (χ1n) is 11.7. The maximum atomic E-state index is 13.7. The lowest BCUT2D eigenvalue weighted by Crippen LogP contribution is -2.57. The molecule has 0 N–H and O–H groups in total. The lowest BCUT2D eigenvalue weighted by Gasteiger charge is -2.43. The van der Waals surface area contributed by atoms with Crippen LogP contribution in [0.25, 0.3) is 0 Å². The summed E-state index contributed by atoms with van der Waals surface area (Å²) >= 11 is 3.50. The van der Waals surface area contributed by atoms with Crippen molar-refractivity contribution in [2.75, 3.05) is 59.0 Å². The lowest BCUT2D eigenvalue weighted by atomic mass is 9.73. The summed E-state index contributed by atoms with van der Waals surface area (Å²) < 4.78 is 6.63. The summed E-state index contributed by atoms with van der Waals surface area (Å²) in [6.45, 7) is 6.41. The zero-order chi connectivity index (χ0) is 21.7. The van der Waals surface area contributed by atoms with Gasteiger partial charge in [-0.25, -0.2) is 0 Å². The van der Waals surface area contributed by atoms with Gasteiger partial charge in [0.05, 0.1) is 12.0 Å². The van der Waals surface area contributed by atoms with E-state index in [1.807, 2.05) is 21.9 Å². The molecule has 3 heterocycles. The van der Waals surface area contributed by atoms with Crippen molar-refractivity contribution in [3.8, 4) is 0 Å². The molecule has 170 valence electrons. The second-order valence-electron chi connectivity index (χ2n) is 9.06. The highest BCUT2D eigenvalue weighted by Crippen LogP contribution is 2.37. The molecule has 7 heteroatoms. The molecular weight excluding hydrogens is 458 g/mol. The number of rotatable bonds is 4. The molecule has 0 radical (unpaired) electrons. The SMILES string of the molecule is O=C(CN1CCN(C(=O)C2(c3ccc(Br)cc3)CCOCC2)CC1)N1CCCCCC1. The molecule has 0 spiro atoms. The summed E-state index contributed by atoms with van der Waals surface area (Å²) in [4.78, 5) is 32.7. The van der Waals surface area contributed by atoms with E-state index in [0.717, 1.165) is 61.9 Å². The van der Waals surface area contributed by atoms with Crippen molar-refractivity contribution >= 4 is 27.7 Å². The Hall–Kier alpha value is -1.44. The van der Waals surface area contributed by atoms with E-state index in [-0.39, 0.29) is 11.8 Å². The molecule has 2 amide bonds. The number of likely N-dealkylation sites (tertiary alicyclic amines) is 1. The number of piperazine rings is 1. The van der Waals surface area contributed by atoms with Gasteiger partial charge in [-0.05, 0) is 43.4 Å². The second kappa shape index (κ2) is 10.5. The number of ether oxygens (including phenoxy) is 1. The topological polar surface area (TPSA) is 53.1 Å². The van der Waals surface area contributed by atoms with Crippen LogP contribution in [0, 0.1) is 0 Å². The Bertz CT molecular complexity index is 748. The Morgan fingerprint density at radius 3 is 2.06 bits per heavy atom. The van der Waals surface area contributed by atoms with Crippen molar-refractivity contribution in [3.05, 3.63) is 34.3 Å². The standard InChI is InChI=1S/C24H34BrN3O3/c25-21-7-5-20(6-8-21)24(9-17-31-18-10-24)23(30)28-15-13-26(14-16-28)19-22(29)27-11-3-1-2-4-12-27/h5-8H,1-4,9-19H2. The average Bonchev–Trinajstić information content (AvgIpc) is 3.10. The minimum Gasteiger partial charge on any atom is -0.381 e. The van der Waals surface area contributed by atoms with Crippen molar-refractivity contribution in [2.45, 2.75) is 43.9 Å². The van der Waals surface area contributed by atoms with Crippen molar-refractivity contribution in [1.82, 2.24) is 14.7 Å². The number of carbonyl (C=O) groups excluding carboxylic acids is 2. The Labute approximate surface area is 194 Å². The van der Waals surface area contributed by atoms with Crippen LogP contribution in [0.2, 0.25) is 0 Å². The number of carbonyl (C=O) groups is 2. The van der Waals surface area contributed by atoms with E-state index >= 15 is 0 Å². The minimum absolute atomic E-state index is 0.219. The molecule has 0 bridgehead atoms. The molecule has 3 aliphatic rings. The molecule has 0 saturated carbocycles. The van der Waals surface area contributed by atoms with E-state index in [2.05, 4.69) is 33.0 Å². The van der Waals surface area contributed by atoms with Gasteiger partial charge in [0.25, 0.3) is 0 Å². The molecular formula is C24H34BrN3O3. The van der Waals surface area contributed by atoms with Gasteiger partial charge in [0, 0.05) is 57.0 Å². The van der Waals surface area contributed by atoms with Gasteiger partial charge in [0.15, 0.2) is 0 Å². The zero-order valence-corrected chi connectivity index (χ0v) is 19.9. The van der Waals surface area contributed by atoms with Crippen LogP contribution in [0.15, 0.2) is 28.7 Å². The van der Waals surface area contributed by atoms with E-state index in [1.54, 1.807) is 0 Å². The maximum Gasteiger partial charge on any atom is 0.236 e. The first kappa shape index (κ1) is 22.7. The third-order valence-electron chi connectivity index (χ3n) is 7.13. The number of halogens is 1. The van der Waals surface area contributed by atoms with E-state index in [0.29, 0.717) is 32.8 Å². The quantitative estimate of drug-likeness (QED) is 0.649. The monoisotopic (exact) mass is 491 g/mol. The fraction of sp³-hybridized carbons (Fsp3) is 0.667. The fourth-order valence-electron chi connectivity index (χ4n) is 5.14. The van der Waals surface area contributed by atoms with Gasteiger partial charge in [-0.3, -0.25) is 14.5 Å². The van der Waals surface area contributed by atoms with Crippen LogP contribution >= 0.6 is 15.9 Å². The van der Waals surface area contributed by atoms with Gasteiger partial charge in [0.2, 0.25) is 11.8 Å². The average molecular weight is 492 g/mol. The molecule has 0 unspecified atom stereocenters. The Morgan fingerprint density at radius 2 is 1.45 bits per heavy atom. The minimum atomic E-state index is -0.497. The Morgan fingerprint density at radius 1 is 0.839 bits per heavy atom. The number of hydrogen-bond donors (Lipinski definition) is 0. The Balaban J connectivity index is 1.37. The summed E-state index contributed by atoms with van der Waals surface area (Å²) in [6.07, 6.45) is 6.15. The Kier molecular flexibility index (Phi) is 7.67. The van der Waals surface area contributed by atoms with Crippen LogP contribution in [0.3, 0.4) is 0 Å². The van der Waals surface area contributed by atoms with Gasteiger partial charge in [-0.1, -0.05) is 40.9 Å².